The number of nitrogens with zero attached hydrogens (tertiary/aromatic N) is 1. The van der Waals surface area contributed by atoms with E-state index in [0.717, 1.165) is 29.9 Å². The van der Waals surface area contributed by atoms with Crippen molar-refractivity contribution in [2.24, 2.45) is 0 Å². The number of carbonyl (C=O) groups is 1. The van der Waals surface area contributed by atoms with Crippen LogP contribution >= 0.6 is 23.1 Å². The standard InChI is InChI=1S/C21H20N2OS2/c1-2-25-16-10-7-14(8-11-16)13-19(24)22-21-23-20-17-6-4-3-5-15(17)9-12-18(20)26-21/h3-8,10-11H,2,9,12-13H2,1H3,(H,22,23,24). The first-order valence-corrected chi connectivity index (χ1v) is 10.6. The number of aromatic nitrogens is 1. The molecule has 132 valence electrons. The van der Waals surface area contributed by atoms with E-state index in [4.69, 9.17) is 4.98 Å². The zero-order valence-electron chi connectivity index (χ0n) is 14.6. The molecule has 0 bridgehead atoms. The molecule has 1 N–H and O–H groups in total. The molecular formula is C21H20N2OS2. The summed E-state index contributed by atoms with van der Waals surface area (Å²) in [4.78, 5) is 19.6. The molecule has 26 heavy (non-hydrogen) atoms. The highest BCUT2D eigenvalue weighted by molar-refractivity contribution is 7.99. The van der Waals surface area contributed by atoms with Crippen LogP contribution in [0.3, 0.4) is 0 Å². The van der Waals surface area contributed by atoms with Crippen molar-refractivity contribution in [3.05, 3.63) is 64.5 Å². The Balaban J connectivity index is 1.45. The Labute approximate surface area is 161 Å². The molecule has 1 heterocycles. The average Bonchev–Trinajstić information content (AvgIpc) is 3.06. The van der Waals surface area contributed by atoms with Crippen LogP contribution in [0.1, 0.15) is 22.9 Å². The maximum Gasteiger partial charge on any atom is 0.230 e. The van der Waals surface area contributed by atoms with Gasteiger partial charge < -0.3 is 5.32 Å². The Bertz CT molecular complexity index is 931. The molecule has 0 fully saturated rings. The van der Waals surface area contributed by atoms with Gasteiger partial charge in [0.1, 0.15) is 0 Å². The van der Waals surface area contributed by atoms with E-state index in [2.05, 4.69) is 42.6 Å². The lowest BCUT2D eigenvalue weighted by Gasteiger charge is -2.13. The fraction of sp³-hybridized carbons (Fsp3) is 0.238. The molecule has 5 heteroatoms. The molecule has 1 aliphatic rings. The van der Waals surface area contributed by atoms with Crippen molar-refractivity contribution < 1.29 is 4.79 Å². The van der Waals surface area contributed by atoms with Gasteiger partial charge in [-0.05, 0) is 41.9 Å². The first kappa shape index (κ1) is 17.3. The zero-order valence-corrected chi connectivity index (χ0v) is 16.3. The van der Waals surface area contributed by atoms with E-state index < -0.39 is 0 Å². The normalized spacial score (nSPS) is 12.3. The molecule has 3 nitrogen and oxygen atoms in total. The number of thiazole rings is 1. The predicted molar refractivity (Wildman–Crippen MR) is 110 cm³/mol. The van der Waals surface area contributed by atoms with Crippen LogP contribution in [0.25, 0.3) is 11.3 Å². The summed E-state index contributed by atoms with van der Waals surface area (Å²) in [6.45, 7) is 2.14. The highest BCUT2D eigenvalue weighted by Gasteiger charge is 2.21. The van der Waals surface area contributed by atoms with Crippen LogP contribution in [0.5, 0.6) is 0 Å². The van der Waals surface area contributed by atoms with Crippen molar-refractivity contribution in [2.75, 3.05) is 11.1 Å². The van der Waals surface area contributed by atoms with E-state index in [1.54, 1.807) is 23.1 Å². The lowest BCUT2D eigenvalue weighted by Crippen LogP contribution is -2.14. The van der Waals surface area contributed by atoms with Crippen molar-refractivity contribution in [3.63, 3.8) is 0 Å². The molecule has 2 aromatic carbocycles. The van der Waals surface area contributed by atoms with E-state index in [9.17, 15) is 4.79 Å². The van der Waals surface area contributed by atoms with Gasteiger partial charge >= 0.3 is 0 Å². The van der Waals surface area contributed by atoms with Crippen molar-refractivity contribution in [1.82, 2.24) is 4.98 Å². The third-order valence-electron chi connectivity index (χ3n) is 4.44. The fourth-order valence-electron chi connectivity index (χ4n) is 3.22. The number of rotatable bonds is 5. The summed E-state index contributed by atoms with van der Waals surface area (Å²) < 4.78 is 0. The molecule has 0 radical (unpaired) electrons. The van der Waals surface area contributed by atoms with Gasteiger partial charge in [-0.1, -0.05) is 43.3 Å². The van der Waals surface area contributed by atoms with Gasteiger partial charge in [-0.15, -0.1) is 23.1 Å². The van der Waals surface area contributed by atoms with Gasteiger partial charge in [0.15, 0.2) is 5.13 Å². The Morgan fingerprint density at radius 1 is 1.15 bits per heavy atom. The molecule has 1 aromatic heterocycles. The number of hydrogen-bond acceptors (Lipinski definition) is 4. The van der Waals surface area contributed by atoms with Crippen molar-refractivity contribution in [3.8, 4) is 11.3 Å². The van der Waals surface area contributed by atoms with E-state index in [-0.39, 0.29) is 5.91 Å². The first-order chi connectivity index (χ1) is 12.7. The van der Waals surface area contributed by atoms with Crippen LogP contribution in [0.4, 0.5) is 5.13 Å². The Hall–Kier alpha value is -2.11. The second-order valence-corrected chi connectivity index (χ2v) is 8.67. The zero-order chi connectivity index (χ0) is 17.9. The lowest BCUT2D eigenvalue weighted by atomic mass is 9.94. The number of fused-ring (bicyclic) bond motifs is 3. The topological polar surface area (TPSA) is 42.0 Å². The second-order valence-electron chi connectivity index (χ2n) is 6.25. The van der Waals surface area contributed by atoms with Gasteiger partial charge in [0.25, 0.3) is 0 Å². The maximum atomic E-state index is 12.4. The minimum absolute atomic E-state index is 0.0136. The van der Waals surface area contributed by atoms with Crippen molar-refractivity contribution in [1.29, 1.82) is 0 Å². The summed E-state index contributed by atoms with van der Waals surface area (Å²) in [5.41, 5.74) is 4.60. The molecule has 1 aliphatic carbocycles. The van der Waals surface area contributed by atoms with E-state index in [1.165, 1.54) is 20.9 Å². The van der Waals surface area contributed by atoms with Crippen molar-refractivity contribution >= 4 is 34.1 Å². The third-order valence-corrected chi connectivity index (χ3v) is 6.36. The second kappa shape index (κ2) is 7.64. The predicted octanol–water partition coefficient (Wildman–Crippen LogP) is 5.20. The number of carbonyl (C=O) groups excluding carboxylic acids is 1. The summed E-state index contributed by atoms with van der Waals surface area (Å²) in [5, 5.41) is 3.69. The monoisotopic (exact) mass is 380 g/mol. The summed E-state index contributed by atoms with van der Waals surface area (Å²) in [5.74, 6) is 1.04. The largest absolute Gasteiger partial charge is 0.302 e. The summed E-state index contributed by atoms with van der Waals surface area (Å²) in [6.07, 6.45) is 2.41. The number of anilines is 1. The summed E-state index contributed by atoms with van der Waals surface area (Å²) in [7, 11) is 0. The van der Waals surface area contributed by atoms with Gasteiger partial charge in [0.05, 0.1) is 12.1 Å². The number of hydrogen-bond donors (Lipinski definition) is 1. The minimum atomic E-state index is -0.0136. The molecule has 0 aliphatic heterocycles. The average molecular weight is 381 g/mol. The number of aryl methyl sites for hydroxylation is 2. The Morgan fingerprint density at radius 3 is 2.77 bits per heavy atom. The molecule has 0 unspecified atom stereocenters. The number of thioether (sulfide) groups is 1. The molecular weight excluding hydrogens is 360 g/mol. The van der Waals surface area contributed by atoms with Gasteiger partial charge in [-0.2, -0.15) is 0 Å². The van der Waals surface area contributed by atoms with Crippen LogP contribution in [0.15, 0.2) is 53.4 Å². The smallest absolute Gasteiger partial charge is 0.230 e. The van der Waals surface area contributed by atoms with Crippen LogP contribution in [0.2, 0.25) is 0 Å². The van der Waals surface area contributed by atoms with Crippen LogP contribution in [-0.4, -0.2) is 16.6 Å². The maximum absolute atomic E-state index is 12.4. The van der Waals surface area contributed by atoms with Gasteiger partial charge in [-0.25, -0.2) is 4.98 Å². The highest BCUT2D eigenvalue weighted by atomic mass is 32.2. The fourth-order valence-corrected chi connectivity index (χ4v) is 4.88. The van der Waals surface area contributed by atoms with E-state index >= 15 is 0 Å². The van der Waals surface area contributed by atoms with E-state index in [1.807, 2.05) is 18.2 Å². The molecule has 0 saturated carbocycles. The quantitative estimate of drug-likeness (QED) is 0.619. The first-order valence-electron chi connectivity index (χ1n) is 8.82. The highest BCUT2D eigenvalue weighted by Crippen LogP contribution is 2.37. The SMILES string of the molecule is CCSc1ccc(CC(=O)Nc2nc3c(s2)CCc2ccccc2-3)cc1. The minimum Gasteiger partial charge on any atom is -0.302 e. The molecule has 4 rings (SSSR count). The molecule has 1 amide bonds. The summed E-state index contributed by atoms with van der Waals surface area (Å²) in [6, 6.07) is 16.6. The Morgan fingerprint density at radius 2 is 1.96 bits per heavy atom. The van der Waals surface area contributed by atoms with Crippen LogP contribution < -0.4 is 5.32 Å². The van der Waals surface area contributed by atoms with E-state index in [0.29, 0.717) is 11.6 Å². The third kappa shape index (κ3) is 3.69. The van der Waals surface area contributed by atoms with Crippen LogP contribution in [-0.2, 0) is 24.1 Å². The number of nitrogens with one attached hydrogen (secondary N) is 1. The van der Waals surface area contributed by atoms with Crippen LogP contribution in [0, 0.1) is 0 Å². The van der Waals surface area contributed by atoms with Gasteiger partial charge in [-0.3, -0.25) is 4.79 Å². The molecule has 0 atom stereocenters. The van der Waals surface area contributed by atoms with Crippen molar-refractivity contribution in [2.45, 2.75) is 31.1 Å². The van der Waals surface area contributed by atoms with Gasteiger partial charge in [0, 0.05) is 15.3 Å². The Kier molecular flexibility index (Phi) is 5.09. The number of benzene rings is 2. The molecule has 0 spiro atoms. The van der Waals surface area contributed by atoms with Gasteiger partial charge in [0.2, 0.25) is 5.91 Å². The number of amides is 1. The summed E-state index contributed by atoms with van der Waals surface area (Å²) >= 11 is 3.41. The lowest BCUT2D eigenvalue weighted by molar-refractivity contribution is -0.115. The molecule has 3 aromatic rings. The molecule has 0 saturated heterocycles.